The van der Waals surface area contributed by atoms with E-state index in [-0.39, 0.29) is 18.4 Å². The number of nitrogens with one attached hydrogen (secondary N) is 1. The molecule has 0 radical (unpaired) electrons. The minimum absolute atomic E-state index is 0.00155. The van der Waals surface area contributed by atoms with Crippen molar-refractivity contribution in [1.29, 1.82) is 0 Å². The number of rotatable bonds is 10. The van der Waals surface area contributed by atoms with Crippen molar-refractivity contribution in [3.05, 3.63) is 54.1 Å². The highest BCUT2D eigenvalue weighted by Gasteiger charge is 2.12. The predicted octanol–water partition coefficient (Wildman–Crippen LogP) is 3.86. The number of hydrogen-bond acceptors (Lipinski definition) is 4. The number of carbonyl (C=O) groups is 2. The molecule has 0 atom stereocenters. The molecule has 150 valence electrons. The molecule has 6 nitrogen and oxygen atoms in total. The zero-order chi connectivity index (χ0) is 20.4. The van der Waals surface area contributed by atoms with E-state index in [9.17, 15) is 9.59 Å². The van der Waals surface area contributed by atoms with Gasteiger partial charge in [-0.2, -0.15) is 0 Å². The molecular weight excluding hydrogens is 356 g/mol. The van der Waals surface area contributed by atoms with Crippen molar-refractivity contribution in [3.63, 3.8) is 0 Å². The van der Waals surface area contributed by atoms with Gasteiger partial charge >= 0.3 is 0 Å². The van der Waals surface area contributed by atoms with Crippen LogP contribution < -0.4 is 14.8 Å². The normalized spacial score (nSPS) is 10.2. The first-order valence-electron chi connectivity index (χ1n) is 9.52. The molecule has 2 aromatic carbocycles. The Morgan fingerprint density at radius 2 is 1.61 bits per heavy atom. The Morgan fingerprint density at radius 1 is 0.964 bits per heavy atom. The average molecular weight is 384 g/mol. The van der Waals surface area contributed by atoms with Gasteiger partial charge in [0.2, 0.25) is 5.91 Å². The summed E-state index contributed by atoms with van der Waals surface area (Å²) in [5, 5.41) is 2.86. The largest absolute Gasteiger partial charge is 0.494 e. The smallest absolute Gasteiger partial charge is 0.262 e. The van der Waals surface area contributed by atoms with Gasteiger partial charge < -0.3 is 19.7 Å². The highest BCUT2D eigenvalue weighted by atomic mass is 16.5. The van der Waals surface area contributed by atoms with Gasteiger partial charge in [0.05, 0.1) is 6.61 Å². The minimum atomic E-state index is -0.260. The SMILES string of the molecule is CCCOc1ccc(OCC(=O)Nc2ccccc2CN(CC)C(C)=O)cc1. The lowest BCUT2D eigenvalue weighted by atomic mass is 10.1. The lowest BCUT2D eigenvalue weighted by Gasteiger charge is -2.21. The summed E-state index contributed by atoms with van der Waals surface area (Å²) >= 11 is 0. The van der Waals surface area contributed by atoms with Gasteiger partial charge in [-0.3, -0.25) is 9.59 Å². The average Bonchev–Trinajstić information content (AvgIpc) is 2.70. The molecule has 0 aliphatic rings. The van der Waals surface area contributed by atoms with Crippen LogP contribution in [0.1, 0.15) is 32.8 Å². The summed E-state index contributed by atoms with van der Waals surface area (Å²) in [6.07, 6.45) is 0.947. The van der Waals surface area contributed by atoms with E-state index in [4.69, 9.17) is 9.47 Å². The highest BCUT2D eigenvalue weighted by molar-refractivity contribution is 5.92. The van der Waals surface area contributed by atoms with Gasteiger partial charge in [-0.15, -0.1) is 0 Å². The molecular formula is C22H28N2O4. The molecule has 2 rings (SSSR count). The number of carbonyl (C=O) groups excluding carboxylic acids is 2. The zero-order valence-corrected chi connectivity index (χ0v) is 16.7. The topological polar surface area (TPSA) is 67.9 Å². The predicted molar refractivity (Wildman–Crippen MR) is 110 cm³/mol. The Hall–Kier alpha value is -3.02. The number of anilines is 1. The number of amides is 2. The summed E-state index contributed by atoms with van der Waals surface area (Å²) in [4.78, 5) is 25.7. The van der Waals surface area contributed by atoms with Crippen LogP contribution in [-0.4, -0.2) is 36.5 Å². The Kier molecular flexibility index (Phi) is 8.34. The molecule has 6 heteroatoms. The monoisotopic (exact) mass is 384 g/mol. The summed E-state index contributed by atoms with van der Waals surface area (Å²) < 4.78 is 11.1. The van der Waals surface area contributed by atoms with Crippen LogP contribution in [0.4, 0.5) is 5.69 Å². The maximum atomic E-state index is 12.3. The summed E-state index contributed by atoms with van der Waals surface area (Å²) in [5.41, 5.74) is 1.56. The van der Waals surface area contributed by atoms with Gasteiger partial charge in [-0.1, -0.05) is 25.1 Å². The van der Waals surface area contributed by atoms with Crippen molar-refractivity contribution < 1.29 is 19.1 Å². The van der Waals surface area contributed by atoms with Gasteiger partial charge in [-0.25, -0.2) is 0 Å². The third-order valence-corrected chi connectivity index (χ3v) is 4.15. The number of ether oxygens (including phenoxy) is 2. The van der Waals surface area contributed by atoms with Gasteiger partial charge in [-0.05, 0) is 49.2 Å². The Balaban J connectivity index is 1.91. The number of benzene rings is 2. The van der Waals surface area contributed by atoms with E-state index in [0.717, 1.165) is 17.7 Å². The van der Waals surface area contributed by atoms with E-state index in [1.54, 1.807) is 17.0 Å². The standard InChI is InChI=1S/C22H28N2O4/c1-4-14-27-19-10-12-20(13-11-19)28-16-22(26)23-21-9-7-6-8-18(21)15-24(5-2)17(3)25/h6-13H,4-5,14-16H2,1-3H3,(H,23,26). The van der Waals surface area contributed by atoms with Crippen LogP contribution in [0.15, 0.2) is 48.5 Å². The first-order valence-corrected chi connectivity index (χ1v) is 9.52. The van der Waals surface area contributed by atoms with Crippen LogP contribution in [-0.2, 0) is 16.1 Å². The summed E-state index contributed by atoms with van der Waals surface area (Å²) in [6, 6.07) is 14.6. The van der Waals surface area contributed by atoms with Gasteiger partial charge in [0.25, 0.3) is 5.91 Å². The molecule has 0 unspecified atom stereocenters. The second-order valence-electron chi connectivity index (χ2n) is 6.35. The van der Waals surface area contributed by atoms with Gasteiger partial charge in [0.15, 0.2) is 6.61 Å². The fraction of sp³-hybridized carbons (Fsp3) is 0.364. The van der Waals surface area contributed by atoms with Crippen LogP contribution in [0.3, 0.4) is 0 Å². The van der Waals surface area contributed by atoms with Crippen molar-refractivity contribution in [2.75, 3.05) is 25.1 Å². The molecule has 0 saturated heterocycles. The summed E-state index contributed by atoms with van der Waals surface area (Å²) in [6.45, 7) is 7.14. The van der Waals surface area contributed by atoms with Crippen molar-refractivity contribution in [2.45, 2.75) is 33.7 Å². The fourth-order valence-electron chi connectivity index (χ4n) is 2.62. The van der Waals surface area contributed by atoms with Crippen LogP contribution in [0.5, 0.6) is 11.5 Å². The first kappa shape index (κ1) is 21.3. The minimum Gasteiger partial charge on any atom is -0.494 e. The molecule has 0 aromatic heterocycles. The second kappa shape index (κ2) is 11.0. The summed E-state index contributed by atoms with van der Waals surface area (Å²) in [7, 11) is 0. The lowest BCUT2D eigenvalue weighted by molar-refractivity contribution is -0.129. The van der Waals surface area contributed by atoms with Crippen molar-refractivity contribution in [1.82, 2.24) is 4.90 Å². The van der Waals surface area contributed by atoms with E-state index in [1.807, 2.05) is 50.2 Å². The molecule has 0 aliphatic heterocycles. The lowest BCUT2D eigenvalue weighted by Crippen LogP contribution is -2.28. The van der Waals surface area contributed by atoms with Crippen molar-refractivity contribution in [2.24, 2.45) is 0 Å². The highest BCUT2D eigenvalue weighted by Crippen LogP contribution is 2.19. The van der Waals surface area contributed by atoms with E-state index in [2.05, 4.69) is 5.32 Å². The van der Waals surface area contributed by atoms with E-state index in [0.29, 0.717) is 31.1 Å². The van der Waals surface area contributed by atoms with Crippen LogP contribution >= 0.6 is 0 Å². The van der Waals surface area contributed by atoms with Crippen LogP contribution in [0, 0.1) is 0 Å². The second-order valence-corrected chi connectivity index (χ2v) is 6.35. The number of hydrogen-bond donors (Lipinski definition) is 1. The van der Waals surface area contributed by atoms with E-state index < -0.39 is 0 Å². The maximum absolute atomic E-state index is 12.3. The quantitative estimate of drug-likeness (QED) is 0.675. The van der Waals surface area contributed by atoms with Crippen LogP contribution in [0.25, 0.3) is 0 Å². The van der Waals surface area contributed by atoms with E-state index in [1.165, 1.54) is 6.92 Å². The number of para-hydroxylation sites is 1. The Morgan fingerprint density at radius 3 is 2.21 bits per heavy atom. The van der Waals surface area contributed by atoms with Crippen molar-refractivity contribution >= 4 is 17.5 Å². The Labute approximate surface area is 166 Å². The van der Waals surface area contributed by atoms with E-state index >= 15 is 0 Å². The fourth-order valence-corrected chi connectivity index (χ4v) is 2.62. The molecule has 2 amide bonds. The molecule has 28 heavy (non-hydrogen) atoms. The van der Waals surface area contributed by atoms with Crippen molar-refractivity contribution in [3.8, 4) is 11.5 Å². The third kappa shape index (κ3) is 6.61. The molecule has 1 N–H and O–H groups in total. The zero-order valence-electron chi connectivity index (χ0n) is 16.7. The first-order chi connectivity index (χ1) is 13.5. The Bertz CT molecular complexity index is 774. The van der Waals surface area contributed by atoms with Gasteiger partial charge in [0, 0.05) is 25.7 Å². The molecule has 2 aromatic rings. The molecule has 0 spiro atoms. The van der Waals surface area contributed by atoms with Crippen LogP contribution in [0.2, 0.25) is 0 Å². The molecule has 0 saturated carbocycles. The van der Waals surface area contributed by atoms with Gasteiger partial charge in [0.1, 0.15) is 11.5 Å². The molecule has 0 bridgehead atoms. The number of nitrogens with zero attached hydrogens (tertiary/aromatic N) is 1. The third-order valence-electron chi connectivity index (χ3n) is 4.15. The molecule has 0 aliphatic carbocycles. The summed E-state index contributed by atoms with van der Waals surface area (Å²) in [5.74, 6) is 1.11. The maximum Gasteiger partial charge on any atom is 0.262 e. The molecule has 0 fully saturated rings. The molecule has 0 heterocycles.